The van der Waals surface area contributed by atoms with Gasteiger partial charge >= 0.3 is 5.97 Å². The second-order valence-corrected chi connectivity index (χ2v) is 1.70. The van der Waals surface area contributed by atoms with Crippen LogP contribution in [0.3, 0.4) is 0 Å². The lowest BCUT2D eigenvalue weighted by atomic mass is 10.5. The van der Waals surface area contributed by atoms with E-state index >= 15 is 0 Å². The number of hydrogen-bond donors (Lipinski definition) is 1. The number of nitrogens with zero attached hydrogens (tertiary/aromatic N) is 2. The van der Waals surface area contributed by atoms with Crippen LogP contribution in [-0.2, 0) is 4.79 Å². The molecule has 0 unspecified atom stereocenters. The Hall–Kier alpha value is -1.58. The molecule has 1 heterocycles. The predicted molar refractivity (Wildman–Crippen MR) is 35.2 cm³/mol. The summed E-state index contributed by atoms with van der Waals surface area (Å²) in [6.07, 6.45) is 3.02. The summed E-state index contributed by atoms with van der Waals surface area (Å²) in [5.41, 5.74) is -0.0509. The van der Waals surface area contributed by atoms with Crippen molar-refractivity contribution in [1.82, 2.24) is 9.78 Å². The van der Waals surface area contributed by atoms with E-state index in [1.165, 1.54) is 17.1 Å². The van der Waals surface area contributed by atoms with E-state index in [-0.39, 0.29) is 5.70 Å². The molecule has 0 saturated heterocycles. The molecule has 0 bridgehead atoms. The molecule has 0 atom stereocenters. The standard InChI is InChI=1S/C6H6N2O2/c1-5(6(9)10)8-4-2-3-7-8/h2-4H,1H2,(H,9,10). The SMILES string of the molecule is C=C(C(=O)O)n1cccn1. The molecule has 1 aromatic heterocycles. The number of carbonyl (C=O) groups is 1. The average Bonchev–Trinajstić information content (AvgIpc) is 2.36. The Balaban J connectivity index is 2.88. The summed E-state index contributed by atoms with van der Waals surface area (Å²) in [6.45, 7) is 3.30. The lowest BCUT2D eigenvalue weighted by Crippen LogP contribution is -2.06. The van der Waals surface area contributed by atoms with Gasteiger partial charge in [0.25, 0.3) is 0 Å². The first kappa shape index (κ1) is 6.54. The Morgan fingerprint density at radius 3 is 2.80 bits per heavy atom. The van der Waals surface area contributed by atoms with Crippen LogP contribution >= 0.6 is 0 Å². The summed E-state index contributed by atoms with van der Waals surface area (Å²) in [7, 11) is 0. The summed E-state index contributed by atoms with van der Waals surface area (Å²) in [6, 6.07) is 1.63. The van der Waals surface area contributed by atoms with E-state index < -0.39 is 5.97 Å². The molecule has 0 amide bonds. The maximum Gasteiger partial charge on any atom is 0.353 e. The van der Waals surface area contributed by atoms with Crippen molar-refractivity contribution in [1.29, 1.82) is 0 Å². The Morgan fingerprint density at radius 2 is 2.40 bits per heavy atom. The number of rotatable bonds is 2. The minimum absolute atomic E-state index is 0.0509. The molecule has 0 radical (unpaired) electrons. The van der Waals surface area contributed by atoms with Crippen LogP contribution in [-0.4, -0.2) is 20.9 Å². The van der Waals surface area contributed by atoms with Crippen molar-refractivity contribution in [3.05, 3.63) is 25.0 Å². The van der Waals surface area contributed by atoms with E-state index in [1.54, 1.807) is 6.07 Å². The molecule has 1 aromatic rings. The number of carboxylic acid groups (broad SMARTS) is 1. The van der Waals surface area contributed by atoms with Gasteiger partial charge in [0, 0.05) is 12.4 Å². The zero-order valence-electron chi connectivity index (χ0n) is 5.19. The summed E-state index contributed by atoms with van der Waals surface area (Å²) in [4.78, 5) is 10.2. The van der Waals surface area contributed by atoms with Gasteiger partial charge in [-0.25, -0.2) is 9.48 Å². The van der Waals surface area contributed by atoms with Gasteiger partial charge < -0.3 is 5.11 Å². The van der Waals surface area contributed by atoms with Crippen LogP contribution < -0.4 is 0 Å². The minimum Gasteiger partial charge on any atom is -0.477 e. The molecule has 52 valence electrons. The first-order chi connectivity index (χ1) is 4.72. The van der Waals surface area contributed by atoms with E-state index in [2.05, 4.69) is 11.7 Å². The van der Waals surface area contributed by atoms with Crippen LogP contribution in [0.25, 0.3) is 5.70 Å². The molecule has 4 heteroatoms. The fourth-order valence-electron chi connectivity index (χ4n) is 0.526. The van der Waals surface area contributed by atoms with Gasteiger partial charge in [-0.2, -0.15) is 5.10 Å². The molecule has 0 fully saturated rings. The molecule has 1 rings (SSSR count). The van der Waals surface area contributed by atoms with Gasteiger partial charge in [-0.3, -0.25) is 0 Å². The number of aliphatic carboxylic acids is 1. The maximum atomic E-state index is 10.2. The topological polar surface area (TPSA) is 55.1 Å². The van der Waals surface area contributed by atoms with Crippen LogP contribution in [0.2, 0.25) is 0 Å². The molecular weight excluding hydrogens is 132 g/mol. The normalized spacial score (nSPS) is 9.20. The molecule has 10 heavy (non-hydrogen) atoms. The van der Waals surface area contributed by atoms with E-state index in [0.29, 0.717) is 0 Å². The van der Waals surface area contributed by atoms with Crippen molar-refractivity contribution in [2.45, 2.75) is 0 Å². The fraction of sp³-hybridized carbons (Fsp3) is 0. The first-order valence-electron chi connectivity index (χ1n) is 2.64. The molecule has 0 spiro atoms. The van der Waals surface area contributed by atoms with Gasteiger partial charge in [0.05, 0.1) is 0 Å². The second-order valence-electron chi connectivity index (χ2n) is 1.70. The third-order valence-electron chi connectivity index (χ3n) is 1.03. The Bertz CT molecular complexity index is 251. The fourth-order valence-corrected chi connectivity index (χ4v) is 0.526. The zero-order chi connectivity index (χ0) is 7.56. The van der Waals surface area contributed by atoms with Crippen LogP contribution in [0.5, 0.6) is 0 Å². The second kappa shape index (κ2) is 2.34. The van der Waals surface area contributed by atoms with E-state index in [4.69, 9.17) is 5.11 Å². The average molecular weight is 138 g/mol. The van der Waals surface area contributed by atoms with Crippen LogP contribution in [0, 0.1) is 0 Å². The lowest BCUT2D eigenvalue weighted by molar-refractivity contribution is -0.130. The molecule has 0 aliphatic rings. The van der Waals surface area contributed by atoms with Crippen molar-refractivity contribution in [3.8, 4) is 0 Å². The highest BCUT2D eigenvalue weighted by Crippen LogP contribution is 1.97. The Morgan fingerprint density at radius 1 is 1.70 bits per heavy atom. The number of aromatic nitrogens is 2. The van der Waals surface area contributed by atoms with Gasteiger partial charge in [-0.1, -0.05) is 6.58 Å². The van der Waals surface area contributed by atoms with Gasteiger partial charge in [0.1, 0.15) is 5.70 Å². The van der Waals surface area contributed by atoms with Crippen LogP contribution in [0.4, 0.5) is 0 Å². The van der Waals surface area contributed by atoms with Gasteiger partial charge in [-0.05, 0) is 6.07 Å². The van der Waals surface area contributed by atoms with Crippen molar-refractivity contribution in [2.24, 2.45) is 0 Å². The smallest absolute Gasteiger partial charge is 0.353 e. The van der Waals surface area contributed by atoms with Crippen molar-refractivity contribution >= 4 is 11.7 Å². The molecule has 0 aliphatic carbocycles. The van der Waals surface area contributed by atoms with Crippen molar-refractivity contribution < 1.29 is 9.90 Å². The molecule has 4 nitrogen and oxygen atoms in total. The van der Waals surface area contributed by atoms with Gasteiger partial charge in [0.15, 0.2) is 0 Å². The van der Waals surface area contributed by atoms with E-state index in [1.807, 2.05) is 0 Å². The summed E-state index contributed by atoms with van der Waals surface area (Å²) < 4.78 is 1.20. The highest BCUT2D eigenvalue weighted by molar-refractivity contribution is 6.07. The predicted octanol–water partition coefficient (Wildman–Crippen LogP) is 0.438. The van der Waals surface area contributed by atoms with E-state index in [0.717, 1.165) is 0 Å². The number of hydrogen-bond acceptors (Lipinski definition) is 2. The summed E-state index contributed by atoms with van der Waals surface area (Å²) >= 11 is 0. The maximum absolute atomic E-state index is 10.2. The Kier molecular flexibility index (Phi) is 1.53. The van der Waals surface area contributed by atoms with Crippen LogP contribution in [0.1, 0.15) is 0 Å². The van der Waals surface area contributed by atoms with E-state index in [9.17, 15) is 4.79 Å². The lowest BCUT2D eigenvalue weighted by Gasteiger charge is -1.96. The van der Waals surface area contributed by atoms with Crippen LogP contribution in [0.15, 0.2) is 25.0 Å². The summed E-state index contributed by atoms with van der Waals surface area (Å²) in [5.74, 6) is -1.07. The monoisotopic (exact) mass is 138 g/mol. The third-order valence-corrected chi connectivity index (χ3v) is 1.03. The minimum atomic E-state index is -1.07. The summed E-state index contributed by atoms with van der Waals surface area (Å²) in [5, 5.41) is 12.1. The van der Waals surface area contributed by atoms with Gasteiger partial charge in [-0.15, -0.1) is 0 Å². The highest BCUT2D eigenvalue weighted by Gasteiger charge is 2.04. The molecular formula is C6H6N2O2. The highest BCUT2D eigenvalue weighted by atomic mass is 16.4. The zero-order valence-corrected chi connectivity index (χ0v) is 5.19. The molecule has 0 aliphatic heterocycles. The first-order valence-corrected chi connectivity index (χ1v) is 2.64. The Labute approximate surface area is 57.4 Å². The van der Waals surface area contributed by atoms with Gasteiger partial charge in [0.2, 0.25) is 0 Å². The largest absolute Gasteiger partial charge is 0.477 e. The molecule has 0 aromatic carbocycles. The van der Waals surface area contributed by atoms with Crippen molar-refractivity contribution in [3.63, 3.8) is 0 Å². The molecule has 1 N–H and O–H groups in total. The van der Waals surface area contributed by atoms with Crippen molar-refractivity contribution in [2.75, 3.05) is 0 Å². The number of carboxylic acids is 1. The molecule has 0 saturated carbocycles. The third kappa shape index (κ3) is 1.05. The quantitative estimate of drug-likeness (QED) is 0.603.